The zero-order valence-corrected chi connectivity index (χ0v) is 16.9. The first-order chi connectivity index (χ1) is 12.9. The van der Waals surface area contributed by atoms with Crippen LogP contribution in [0.3, 0.4) is 0 Å². The molecule has 2 saturated heterocycles. The Morgan fingerprint density at radius 1 is 0.963 bits per heavy atom. The van der Waals surface area contributed by atoms with Gasteiger partial charge in [0.2, 0.25) is 15.9 Å². The number of rotatable bonds is 6. The van der Waals surface area contributed by atoms with Crippen LogP contribution in [0.5, 0.6) is 0 Å². The van der Waals surface area contributed by atoms with Crippen molar-refractivity contribution in [3.05, 3.63) is 24.3 Å². The lowest BCUT2D eigenvalue weighted by atomic mass is 10.1. The zero-order valence-electron chi connectivity index (χ0n) is 16.1. The van der Waals surface area contributed by atoms with Crippen molar-refractivity contribution in [3.8, 4) is 0 Å². The van der Waals surface area contributed by atoms with Crippen LogP contribution in [0.2, 0.25) is 0 Å². The predicted molar refractivity (Wildman–Crippen MR) is 109 cm³/mol. The van der Waals surface area contributed by atoms with Crippen LogP contribution >= 0.6 is 0 Å². The van der Waals surface area contributed by atoms with Gasteiger partial charge in [-0.15, -0.1) is 0 Å². The molecule has 8 heteroatoms. The van der Waals surface area contributed by atoms with E-state index in [1.807, 2.05) is 31.3 Å². The summed E-state index contributed by atoms with van der Waals surface area (Å²) in [6.07, 6.45) is 3.71. The standard InChI is InChI=1S/C19H30N4O3S/c1-21-12-14-23(15-13-21)27(25,26)16-9-19(24)20-17-5-7-18(8-6-17)22-10-3-2-4-11-22/h5-8H,2-4,9-16H2,1H3,(H,20,24). The van der Waals surface area contributed by atoms with Crippen molar-refractivity contribution in [1.29, 1.82) is 0 Å². The molecule has 1 N–H and O–H groups in total. The second-order valence-electron chi connectivity index (χ2n) is 7.41. The summed E-state index contributed by atoms with van der Waals surface area (Å²) in [5, 5.41) is 2.81. The molecule has 150 valence electrons. The summed E-state index contributed by atoms with van der Waals surface area (Å²) in [6.45, 7) is 4.62. The number of sulfonamides is 1. The molecule has 0 atom stereocenters. The number of nitrogens with zero attached hydrogens (tertiary/aromatic N) is 3. The number of hydrogen-bond donors (Lipinski definition) is 1. The molecule has 3 rings (SSSR count). The van der Waals surface area contributed by atoms with Gasteiger partial charge in [0.25, 0.3) is 0 Å². The lowest BCUT2D eigenvalue weighted by Crippen LogP contribution is -2.47. The number of hydrogen-bond acceptors (Lipinski definition) is 5. The van der Waals surface area contributed by atoms with Crippen molar-refractivity contribution < 1.29 is 13.2 Å². The highest BCUT2D eigenvalue weighted by Crippen LogP contribution is 2.22. The van der Waals surface area contributed by atoms with Gasteiger partial charge < -0.3 is 15.1 Å². The highest BCUT2D eigenvalue weighted by atomic mass is 32.2. The van der Waals surface area contributed by atoms with Crippen LogP contribution in [0.25, 0.3) is 0 Å². The molecule has 1 amide bonds. The largest absolute Gasteiger partial charge is 0.372 e. The van der Waals surface area contributed by atoms with E-state index in [0.29, 0.717) is 18.8 Å². The van der Waals surface area contributed by atoms with Gasteiger partial charge in [-0.3, -0.25) is 4.79 Å². The van der Waals surface area contributed by atoms with E-state index in [1.54, 1.807) is 0 Å². The van der Waals surface area contributed by atoms with Gasteiger partial charge in [-0.05, 0) is 50.6 Å². The van der Waals surface area contributed by atoms with Gasteiger partial charge in [0.05, 0.1) is 5.75 Å². The quantitative estimate of drug-likeness (QED) is 0.793. The van der Waals surface area contributed by atoms with E-state index in [1.165, 1.54) is 29.3 Å². The molecule has 27 heavy (non-hydrogen) atoms. The molecule has 0 radical (unpaired) electrons. The second-order valence-corrected chi connectivity index (χ2v) is 9.50. The summed E-state index contributed by atoms with van der Waals surface area (Å²) in [5.74, 6) is -0.410. The van der Waals surface area contributed by atoms with Gasteiger partial charge in [-0.25, -0.2) is 8.42 Å². The van der Waals surface area contributed by atoms with Crippen LogP contribution in [-0.2, 0) is 14.8 Å². The average Bonchev–Trinajstić information content (AvgIpc) is 2.68. The molecule has 1 aromatic carbocycles. The van der Waals surface area contributed by atoms with Crippen molar-refractivity contribution in [2.24, 2.45) is 0 Å². The van der Waals surface area contributed by atoms with E-state index < -0.39 is 10.0 Å². The molecule has 0 saturated carbocycles. The van der Waals surface area contributed by atoms with E-state index in [4.69, 9.17) is 0 Å². The fourth-order valence-electron chi connectivity index (χ4n) is 3.55. The summed E-state index contributed by atoms with van der Waals surface area (Å²) in [5.41, 5.74) is 1.88. The van der Waals surface area contributed by atoms with E-state index in [-0.39, 0.29) is 18.1 Å². The van der Waals surface area contributed by atoms with Crippen molar-refractivity contribution in [2.75, 3.05) is 62.3 Å². The molecule has 2 aliphatic rings. The molecule has 0 unspecified atom stereocenters. The van der Waals surface area contributed by atoms with E-state index in [0.717, 1.165) is 26.2 Å². The number of carbonyl (C=O) groups is 1. The smallest absolute Gasteiger partial charge is 0.225 e. The monoisotopic (exact) mass is 394 g/mol. The van der Waals surface area contributed by atoms with Crippen LogP contribution in [0.4, 0.5) is 11.4 Å². The minimum atomic E-state index is -3.38. The third-order valence-corrected chi connectivity index (χ3v) is 7.19. The molecule has 2 fully saturated rings. The first-order valence-corrected chi connectivity index (χ1v) is 11.4. The van der Waals surface area contributed by atoms with E-state index in [2.05, 4.69) is 15.1 Å². The number of piperazine rings is 1. The molecule has 2 heterocycles. The molecule has 0 aromatic heterocycles. The second kappa shape index (κ2) is 9.03. The molecular formula is C19H30N4O3S. The number of benzene rings is 1. The van der Waals surface area contributed by atoms with Crippen molar-refractivity contribution in [3.63, 3.8) is 0 Å². The summed E-state index contributed by atoms with van der Waals surface area (Å²) >= 11 is 0. The number of anilines is 2. The first kappa shape index (κ1) is 20.1. The normalized spacial score (nSPS) is 19.8. The van der Waals surface area contributed by atoms with Crippen molar-refractivity contribution in [1.82, 2.24) is 9.21 Å². The Bertz CT molecular complexity index is 722. The SMILES string of the molecule is CN1CCN(S(=O)(=O)CCC(=O)Nc2ccc(N3CCCCC3)cc2)CC1. The summed E-state index contributed by atoms with van der Waals surface area (Å²) in [4.78, 5) is 16.6. The van der Waals surface area contributed by atoms with Crippen molar-refractivity contribution >= 4 is 27.3 Å². The third kappa shape index (κ3) is 5.67. The fraction of sp³-hybridized carbons (Fsp3) is 0.632. The Balaban J connectivity index is 1.47. The third-order valence-electron chi connectivity index (χ3n) is 5.31. The van der Waals surface area contributed by atoms with Crippen LogP contribution in [0.1, 0.15) is 25.7 Å². The Hall–Kier alpha value is -1.64. The van der Waals surface area contributed by atoms with E-state index in [9.17, 15) is 13.2 Å². The molecule has 0 bridgehead atoms. The Labute approximate surface area is 162 Å². The lowest BCUT2D eigenvalue weighted by Gasteiger charge is -2.31. The van der Waals surface area contributed by atoms with Gasteiger partial charge in [0.15, 0.2) is 0 Å². The molecule has 0 aliphatic carbocycles. The van der Waals surface area contributed by atoms with Gasteiger partial charge >= 0.3 is 0 Å². The number of piperidine rings is 1. The van der Waals surface area contributed by atoms with Crippen LogP contribution in [0.15, 0.2) is 24.3 Å². The number of nitrogens with one attached hydrogen (secondary N) is 1. The molecule has 2 aliphatic heterocycles. The maximum Gasteiger partial charge on any atom is 0.225 e. The Kier molecular flexibility index (Phi) is 6.73. The fourth-order valence-corrected chi connectivity index (χ4v) is 4.97. The van der Waals surface area contributed by atoms with E-state index >= 15 is 0 Å². The molecular weight excluding hydrogens is 364 g/mol. The minimum Gasteiger partial charge on any atom is -0.372 e. The van der Waals surface area contributed by atoms with Crippen LogP contribution in [0, 0.1) is 0 Å². The summed E-state index contributed by atoms with van der Waals surface area (Å²) in [7, 11) is -1.40. The van der Waals surface area contributed by atoms with Gasteiger partial charge in [-0.2, -0.15) is 4.31 Å². The highest BCUT2D eigenvalue weighted by molar-refractivity contribution is 7.89. The maximum absolute atomic E-state index is 12.4. The van der Waals surface area contributed by atoms with Gasteiger partial charge in [-0.1, -0.05) is 0 Å². The van der Waals surface area contributed by atoms with Gasteiger partial charge in [0, 0.05) is 57.1 Å². The number of amides is 1. The number of carbonyl (C=O) groups excluding carboxylic acids is 1. The topological polar surface area (TPSA) is 73.0 Å². The Morgan fingerprint density at radius 3 is 2.22 bits per heavy atom. The number of likely N-dealkylation sites (N-methyl/N-ethyl adjacent to an activating group) is 1. The summed E-state index contributed by atoms with van der Waals surface area (Å²) < 4.78 is 26.3. The van der Waals surface area contributed by atoms with Crippen LogP contribution in [-0.4, -0.2) is 75.6 Å². The highest BCUT2D eigenvalue weighted by Gasteiger charge is 2.26. The lowest BCUT2D eigenvalue weighted by molar-refractivity contribution is -0.115. The molecule has 1 aromatic rings. The maximum atomic E-state index is 12.4. The summed E-state index contributed by atoms with van der Waals surface area (Å²) in [6, 6.07) is 7.80. The molecule has 0 spiro atoms. The zero-order chi connectivity index (χ0) is 19.3. The predicted octanol–water partition coefficient (Wildman–Crippen LogP) is 1.58. The van der Waals surface area contributed by atoms with Crippen LogP contribution < -0.4 is 10.2 Å². The van der Waals surface area contributed by atoms with Crippen molar-refractivity contribution in [2.45, 2.75) is 25.7 Å². The molecule has 7 nitrogen and oxygen atoms in total. The van der Waals surface area contributed by atoms with Gasteiger partial charge in [0.1, 0.15) is 0 Å². The minimum absolute atomic E-state index is 0.0252. The average molecular weight is 395 g/mol. The first-order valence-electron chi connectivity index (χ1n) is 9.75. The Morgan fingerprint density at radius 2 is 1.59 bits per heavy atom.